The van der Waals surface area contributed by atoms with Gasteiger partial charge in [-0.05, 0) is 42.5 Å². The molecule has 0 saturated carbocycles. The van der Waals surface area contributed by atoms with E-state index in [4.69, 9.17) is 27.9 Å². The molecule has 0 aliphatic heterocycles. The number of amides is 1. The first-order chi connectivity index (χ1) is 15.4. The largest absolute Gasteiger partial charge is 0.452 e. The fourth-order valence-corrected chi connectivity index (χ4v) is 4.10. The number of para-hydroxylation sites is 1. The highest BCUT2D eigenvalue weighted by Crippen LogP contribution is 2.27. The van der Waals surface area contributed by atoms with E-state index in [0.717, 1.165) is 10.0 Å². The van der Waals surface area contributed by atoms with Crippen molar-refractivity contribution < 1.29 is 14.3 Å². The third kappa shape index (κ3) is 5.27. The number of anilines is 1. The van der Waals surface area contributed by atoms with Crippen LogP contribution in [0, 0.1) is 0 Å². The molecule has 1 N–H and O–H groups in total. The molecule has 0 radical (unpaired) electrons. The van der Waals surface area contributed by atoms with E-state index in [1.54, 1.807) is 30.3 Å². The van der Waals surface area contributed by atoms with Gasteiger partial charge in [-0.2, -0.15) is 0 Å². The standard InChI is InChI=1S/C24H15BrCl2N2O3/c25-15-5-3-4-14(8-15)22-12-20(19-6-1-2-7-21(19)29-22)24(31)32-13-23(30)28-18-10-16(26)9-17(27)11-18/h1-12H,13H2,(H,28,30). The van der Waals surface area contributed by atoms with Crippen molar-refractivity contribution in [1.29, 1.82) is 0 Å². The fourth-order valence-electron chi connectivity index (χ4n) is 3.17. The van der Waals surface area contributed by atoms with Gasteiger partial charge in [0.1, 0.15) is 0 Å². The minimum atomic E-state index is -0.626. The maximum absolute atomic E-state index is 12.9. The van der Waals surface area contributed by atoms with Gasteiger partial charge in [0.2, 0.25) is 0 Å². The van der Waals surface area contributed by atoms with Gasteiger partial charge < -0.3 is 10.1 Å². The Morgan fingerprint density at radius 1 is 0.938 bits per heavy atom. The quantitative estimate of drug-likeness (QED) is 0.290. The molecule has 0 fully saturated rings. The van der Waals surface area contributed by atoms with E-state index in [1.165, 1.54) is 0 Å². The van der Waals surface area contributed by atoms with E-state index in [9.17, 15) is 9.59 Å². The SMILES string of the molecule is O=C(COC(=O)c1cc(-c2cccc(Br)c2)nc2ccccc12)Nc1cc(Cl)cc(Cl)c1. The molecule has 0 unspecified atom stereocenters. The van der Waals surface area contributed by atoms with Crippen LogP contribution in [0.5, 0.6) is 0 Å². The van der Waals surface area contributed by atoms with Gasteiger partial charge in [0.05, 0.1) is 16.8 Å². The van der Waals surface area contributed by atoms with Gasteiger partial charge >= 0.3 is 5.97 Å². The van der Waals surface area contributed by atoms with Gasteiger partial charge in [-0.25, -0.2) is 9.78 Å². The van der Waals surface area contributed by atoms with Crippen molar-refractivity contribution in [2.45, 2.75) is 0 Å². The number of esters is 1. The summed E-state index contributed by atoms with van der Waals surface area (Å²) in [5, 5.41) is 4.01. The molecule has 0 aliphatic rings. The molecule has 0 aliphatic carbocycles. The van der Waals surface area contributed by atoms with Crippen molar-refractivity contribution in [3.05, 3.63) is 92.9 Å². The second-order valence-corrected chi connectivity index (χ2v) is 8.65. The van der Waals surface area contributed by atoms with Gasteiger partial charge in [0, 0.05) is 31.2 Å². The summed E-state index contributed by atoms with van der Waals surface area (Å²) < 4.78 is 6.19. The van der Waals surface area contributed by atoms with Crippen LogP contribution in [0.25, 0.3) is 22.2 Å². The number of carbonyl (C=O) groups is 2. The van der Waals surface area contributed by atoms with E-state index in [-0.39, 0.29) is 0 Å². The predicted octanol–water partition coefficient (Wildman–Crippen LogP) is 6.77. The molecule has 4 rings (SSSR count). The average molecular weight is 530 g/mol. The van der Waals surface area contributed by atoms with Crippen LogP contribution in [0.2, 0.25) is 10.0 Å². The maximum Gasteiger partial charge on any atom is 0.339 e. The van der Waals surface area contributed by atoms with Gasteiger partial charge in [-0.1, -0.05) is 69.5 Å². The monoisotopic (exact) mass is 528 g/mol. The van der Waals surface area contributed by atoms with E-state index >= 15 is 0 Å². The van der Waals surface area contributed by atoms with E-state index < -0.39 is 18.5 Å². The van der Waals surface area contributed by atoms with Crippen LogP contribution in [0.3, 0.4) is 0 Å². The molecule has 4 aromatic rings. The van der Waals surface area contributed by atoms with Crippen molar-refractivity contribution in [2.24, 2.45) is 0 Å². The van der Waals surface area contributed by atoms with Crippen molar-refractivity contribution >= 4 is 67.6 Å². The van der Waals surface area contributed by atoms with Gasteiger partial charge in [0.25, 0.3) is 5.91 Å². The second-order valence-electron chi connectivity index (χ2n) is 6.86. The lowest BCUT2D eigenvalue weighted by atomic mass is 10.0. The van der Waals surface area contributed by atoms with E-state index in [1.807, 2.05) is 42.5 Å². The summed E-state index contributed by atoms with van der Waals surface area (Å²) >= 11 is 15.3. The Hall–Kier alpha value is -2.93. The number of pyridine rings is 1. The first-order valence-corrected chi connectivity index (χ1v) is 11.0. The zero-order valence-corrected chi connectivity index (χ0v) is 19.5. The molecule has 8 heteroatoms. The molecule has 0 spiro atoms. The molecule has 1 amide bonds. The number of rotatable bonds is 5. The molecule has 32 heavy (non-hydrogen) atoms. The molecule has 1 heterocycles. The molecule has 0 bridgehead atoms. The molecule has 0 saturated heterocycles. The fraction of sp³-hybridized carbons (Fsp3) is 0.0417. The third-order valence-electron chi connectivity index (χ3n) is 4.54. The van der Waals surface area contributed by atoms with E-state index in [2.05, 4.69) is 26.2 Å². The Morgan fingerprint density at radius 2 is 1.69 bits per heavy atom. The zero-order chi connectivity index (χ0) is 22.7. The van der Waals surface area contributed by atoms with Crippen LogP contribution in [0.1, 0.15) is 10.4 Å². The Morgan fingerprint density at radius 3 is 2.44 bits per heavy atom. The number of halogens is 3. The summed E-state index contributed by atoms with van der Waals surface area (Å²) in [4.78, 5) is 29.8. The average Bonchev–Trinajstić information content (AvgIpc) is 2.76. The number of ether oxygens (including phenoxy) is 1. The summed E-state index contributed by atoms with van der Waals surface area (Å²) in [7, 11) is 0. The summed E-state index contributed by atoms with van der Waals surface area (Å²) in [6, 6.07) is 21.2. The number of aromatic nitrogens is 1. The van der Waals surface area contributed by atoms with Gasteiger partial charge in [-0.15, -0.1) is 0 Å². The highest BCUT2D eigenvalue weighted by molar-refractivity contribution is 9.10. The van der Waals surface area contributed by atoms with Gasteiger partial charge in [0.15, 0.2) is 6.61 Å². The number of hydrogen-bond donors (Lipinski definition) is 1. The first-order valence-electron chi connectivity index (χ1n) is 9.48. The topological polar surface area (TPSA) is 68.3 Å². The van der Waals surface area contributed by atoms with Crippen LogP contribution in [0.15, 0.2) is 77.3 Å². The lowest BCUT2D eigenvalue weighted by Gasteiger charge is -2.11. The Bertz CT molecular complexity index is 1320. The van der Waals surface area contributed by atoms with Gasteiger partial charge in [-0.3, -0.25) is 4.79 Å². The Balaban J connectivity index is 1.56. The highest BCUT2D eigenvalue weighted by Gasteiger charge is 2.17. The molecular formula is C24H15BrCl2N2O3. The molecule has 1 aromatic heterocycles. The molecular weight excluding hydrogens is 515 g/mol. The Labute approximate surface area is 202 Å². The zero-order valence-electron chi connectivity index (χ0n) is 16.4. The number of hydrogen-bond acceptors (Lipinski definition) is 4. The van der Waals surface area contributed by atoms with Crippen molar-refractivity contribution in [3.63, 3.8) is 0 Å². The smallest absolute Gasteiger partial charge is 0.339 e. The highest BCUT2D eigenvalue weighted by atomic mass is 79.9. The number of carbonyl (C=O) groups excluding carboxylic acids is 2. The number of fused-ring (bicyclic) bond motifs is 1. The van der Waals surface area contributed by atoms with E-state index in [0.29, 0.717) is 37.9 Å². The van der Waals surface area contributed by atoms with Crippen molar-refractivity contribution in [2.75, 3.05) is 11.9 Å². The summed E-state index contributed by atoms with van der Waals surface area (Å²) in [5.74, 6) is -1.14. The molecule has 160 valence electrons. The minimum absolute atomic E-state index is 0.323. The number of benzene rings is 3. The lowest BCUT2D eigenvalue weighted by Crippen LogP contribution is -2.21. The summed E-state index contributed by atoms with van der Waals surface area (Å²) in [6.07, 6.45) is 0. The van der Waals surface area contributed by atoms with Crippen LogP contribution in [0.4, 0.5) is 5.69 Å². The lowest BCUT2D eigenvalue weighted by molar-refractivity contribution is -0.119. The number of nitrogens with zero attached hydrogens (tertiary/aromatic N) is 1. The van der Waals surface area contributed by atoms with Crippen LogP contribution < -0.4 is 5.32 Å². The summed E-state index contributed by atoms with van der Waals surface area (Å²) in [6.45, 7) is -0.466. The van der Waals surface area contributed by atoms with Crippen molar-refractivity contribution in [3.8, 4) is 11.3 Å². The van der Waals surface area contributed by atoms with Crippen LogP contribution in [-0.2, 0) is 9.53 Å². The maximum atomic E-state index is 12.9. The van der Waals surface area contributed by atoms with Crippen LogP contribution >= 0.6 is 39.1 Å². The first kappa shape index (κ1) is 22.3. The third-order valence-corrected chi connectivity index (χ3v) is 5.47. The predicted molar refractivity (Wildman–Crippen MR) is 130 cm³/mol. The normalized spacial score (nSPS) is 10.7. The van der Waals surface area contributed by atoms with Crippen molar-refractivity contribution in [1.82, 2.24) is 4.98 Å². The number of nitrogens with one attached hydrogen (secondary N) is 1. The molecule has 3 aromatic carbocycles. The van der Waals surface area contributed by atoms with Crippen LogP contribution in [-0.4, -0.2) is 23.5 Å². The minimum Gasteiger partial charge on any atom is -0.452 e. The second kappa shape index (κ2) is 9.69. The molecule has 0 atom stereocenters. The molecule has 5 nitrogen and oxygen atoms in total. The summed E-state index contributed by atoms with van der Waals surface area (Å²) in [5.41, 5.74) is 2.85. The Kier molecular flexibility index (Phi) is 6.74.